The summed E-state index contributed by atoms with van der Waals surface area (Å²) in [6.45, 7) is 55.5. The number of nitriles is 3. The van der Waals surface area contributed by atoms with Crippen molar-refractivity contribution in [2.24, 2.45) is 0 Å². The number of hydrogen-bond acceptors (Lipinski definition) is 39. The minimum atomic E-state index is -1.41. The predicted molar refractivity (Wildman–Crippen MR) is 584 cm³/mol. The summed E-state index contributed by atoms with van der Waals surface area (Å²) in [4.78, 5) is 130. The number of ether oxygens (including phenoxy) is 11. The Hall–Kier alpha value is -14.3. The fraction of sp³-hybridized carbons (Fsp3) is 0.343. The van der Waals surface area contributed by atoms with Crippen LogP contribution in [0.1, 0.15) is 127 Å². The van der Waals surface area contributed by atoms with E-state index in [0.29, 0.717) is 198 Å². The van der Waals surface area contributed by atoms with Gasteiger partial charge in [-0.3, -0.25) is 24.5 Å². The summed E-state index contributed by atoms with van der Waals surface area (Å²) in [5, 5.41) is 68.2. The van der Waals surface area contributed by atoms with Crippen molar-refractivity contribution in [3.63, 3.8) is 0 Å². The van der Waals surface area contributed by atoms with E-state index in [9.17, 15) is 54.0 Å². The summed E-state index contributed by atoms with van der Waals surface area (Å²) < 4.78 is 54.9. The number of halogens is 2. The molecule has 6 N–H and O–H groups in total. The van der Waals surface area contributed by atoms with E-state index in [1.165, 1.54) is 106 Å². The van der Waals surface area contributed by atoms with E-state index in [4.69, 9.17) is 91.8 Å². The Morgan fingerprint density at radius 2 is 0.813 bits per heavy atom. The molecule has 5 fully saturated rings. The Bertz CT molecular complexity index is 6990. The van der Waals surface area contributed by atoms with Crippen molar-refractivity contribution in [3.05, 3.63) is 256 Å². The molecule has 48 heteroatoms. The summed E-state index contributed by atoms with van der Waals surface area (Å²) in [6, 6.07) is 29.3. The first-order chi connectivity index (χ1) is 72.4. The number of nitrogens with zero attached hydrogens (tertiary/aromatic N) is 15. The lowest BCUT2D eigenvalue weighted by atomic mass is 9.79. The number of nitrogen functional groups attached to an aromatic ring is 1. The molecule has 12 aromatic rings. The molecule has 14 heterocycles. The number of esters is 6. The maximum absolute atomic E-state index is 12.4. The van der Waals surface area contributed by atoms with Gasteiger partial charge >= 0.3 is 48.9 Å². The van der Waals surface area contributed by atoms with Gasteiger partial charge in [-0.1, -0.05) is 74.3 Å². The highest BCUT2D eigenvalue weighted by Gasteiger charge is 2.33. The van der Waals surface area contributed by atoms with E-state index < -0.39 is 37.0 Å². The van der Waals surface area contributed by atoms with Crippen LogP contribution < -0.4 is 36.1 Å². The number of hydrogen-bond donors (Lipinski definition) is 5. The van der Waals surface area contributed by atoms with Crippen LogP contribution in [-0.4, -0.2) is 266 Å². The van der Waals surface area contributed by atoms with E-state index in [1.54, 1.807) is 70.0 Å². The number of anilines is 5. The lowest BCUT2D eigenvalue weighted by Crippen LogP contribution is -2.36. The molecule has 150 heavy (non-hydrogen) atoms. The van der Waals surface area contributed by atoms with Crippen LogP contribution in [0.25, 0.3) is 56.5 Å². The zero-order valence-corrected chi connectivity index (χ0v) is 91.3. The number of benzene rings is 3. The predicted octanol–water partition coefficient (Wildman–Crippen LogP) is 16.9. The molecule has 0 unspecified atom stereocenters. The number of carbonyl (C=O) groups is 8. The Labute approximate surface area is 907 Å². The summed E-state index contributed by atoms with van der Waals surface area (Å²) in [6.07, 6.45) is 11.3. The first kappa shape index (κ1) is 121. The topological polar surface area (TPSA) is 482 Å². The summed E-state index contributed by atoms with van der Waals surface area (Å²) in [7, 11) is 6.55. The molecule has 0 aliphatic carbocycles. The minimum absolute atomic E-state index is 0.0139. The van der Waals surface area contributed by atoms with Gasteiger partial charge in [0.2, 0.25) is 22.7 Å². The van der Waals surface area contributed by atoms with Crippen molar-refractivity contribution in [1.82, 2.24) is 20.3 Å². The number of pyridine rings is 3. The van der Waals surface area contributed by atoms with Crippen molar-refractivity contribution in [2.45, 2.75) is 52.3 Å². The maximum atomic E-state index is 12.4. The molecule has 0 radical (unpaired) electrons. The average Bonchev–Trinajstić information content (AvgIpc) is 1.64. The van der Waals surface area contributed by atoms with Gasteiger partial charge in [0.05, 0.1) is 165 Å². The molecular weight excluding hydrogens is 2180 g/mol. The van der Waals surface area contributed by atoms with Crippen LogP contribution in [-0.2, 0) is 79.9 Å². The number of rotatable bonds is 18. The molecule has 9 aromatic heterocycles. The third-order valence-corrected chi connectivity index (χ3v) is 30.7. The van der Waals surface area contributed by atoms with Crippen molar-refractivity contribution in [3.8, 4) is 18.2 Å². The quantitative estimate of drug-likeness (QED) is 0.0101. The second kappa shape index (κ2) is 62.9. The van der Waals surface area contributed by atoms with Gasteiger partial charge in [-0.15, -0.1) is 68.0 Å². The van der Waals surface area contributed by atoms with Crippen molar-refractivity contribution in [1.29, 1.82) is 15.8 Å². The fourth-order valence-electron chi connectivity index (χ4n) is 14.5. The Morgan fingerprint density at radius 1 is 0.460 bits per heavy atom. The van der Waals surface area contributed by atoms with E-state index in [1.807, 2.05) is 65.7 Å². The highest BCUT2D eigenvalue weighted by atomic mass is 79.9. The standard InChI is InChI=1S/C21H19N3O3S.C20H17N3O3S.C12H13BrN2O3S.C12H14N2O3S.C9H8BNO2.C8H6BrNO2S.C8H8N2O2S.C5H8O3.C4H9NO.C3H2N2/c1-26-21(25)19-17(11-14-2-3-15-4-5-23-13-16(15)10-14)18(12-22)20(28-19)24-6-8-27-9-7-24;21-11-17-16(10-13-1-2-14-3-4-22-12-15(14)9-13)18(20(24)25)27-19(17)23-5-7-26-8-6-23;1-14-9-8(7-13)10(12(16)17-2)19-11(9)15-3-5-18-6-4-15;1-8-9(13-2)11(14-4-6-17-7-5-14)18-10(8)12(15)16-3;12-10(13)9-2-1-7-3-4-11-6-8(7)5-9;2*1-4-5(10-2)7(9)13-6(4)8(11)12-3;1-4(6)3-5(7)8-2;1-3-6-4-2-5-1;1-5-3-2-4/h2-5,10,13H,6-9,11H2,1H3;1-4,9,12H,5-8,10H2,(H,24,25);3-7H2,2H3;4-7H2,1,3H3;1-6,12-13H;1,3H3;9H2,1,3H3;3H2,1-2H3;5H,1-4H2;3H2. The highest BCUT2D eigenvalue weighted by molar-refractivity contribution is 9.11. The number of fused-ring (bicyclic) bond motifs is 3. The number of alkyl halides is 1. The maximum Gasteiger partial charge on any atom is 0.488 e. The molecule has 0 bridgehead atoms. The summed E-state index contributed by atoms with van der Waals surface area (Å²) in [5.74, 6) is -3.63. The number of carboxylic acids is 1. The number of nitrogens with one attached hydrogen (secondary N) is 1. The molecule has 0 saturated carbocycles. The SMILES string of the molecule is C1COCCN1.COC(=O)CC(C)=O.COC(=O)c1sc(N2CCOCC2)c(C#N)c1Cc1ccc2ccncc2c1.N#Cc1c(N2CCOCC2)sc(C(=O)O)c1Cc1ccc2ccncc2c1.OB(O)c1ccc2ccncc2c1.[C-]#[N+]CC#N.[C-]#[N+]c1c(Br)sc(C(=O)OC)c1C.[C-]#[N+]c1c(N)sc(C(=O)OC)c1C.[C-]#[N+]c1c(N2CCOCC2)sc(C(=O)OC)c1C.[C-]#[N+]c1c(N2CCOCC2)sc(C(=O)OC)c1CBr. The van der Waals surface area contributed by atoms with Gasteiger partial charge in [0, 0.05) is 143 Å². The van der Waals surface area contributed by atoms with Gasteiger partial charge in [-0.2, -0.15) is 15.8 Å². The number of morpholine rings is 5. The lowest BCUT2D eigenvalue weighted by Gasteiger charge is -2.28. The van der Waals surface area contributed by atoms with Gasteiger partial charge in [-0.05, 0) is 118 Å². The van der Waals surface area contributed by atoms with E-state index in [0.717, 1.165) is 133 Å². The first-order valence-corrected chi connectivity index (χ1v) is 52.2. The van der Waals surface area contributed by atoms with Crippen LogP contribution in [0.3, 0.4) is 0 Å². The van der Waals surface area contributed by atoms with Crippen molar-refractivity contribution >= 4 is 240 Å². The smallest absolute Gasteiger partial charge is 0.477 e. The van der Waals surface area contributed by atoms with E-state index >= 15 is 0 Å². The van der Waals surface area contributed by atoms with E-state index in [2.05, 4.69) is 123 Å². The van der Waals surface area contributed by atoms with Crippen LogP contribution in [0, 0.1) is 87.6 Å². The zero-order chi connectivity index (χ0) is 109. The normalized spacial score (nSPS) is 13.0. The first-order valence-electron chi connectivity index (χ1n) is 45.4. The Balaban J connectivity index is 0.000000210. The van der Waals surface area contributed by atoms with Gasteiger partial charge in [-0.25, -0.2) is 54.7 Å². The molecule has 5 aliphatic rings. The molecule has 5 aliphatic heterocycles. The number of Topliss-reactive ketones (excluding diaryl/α,β-unsaturated/α-hetero) is 1. The van der Waals surface area contributed by atoms with Crippen LogP contribution >= 0.6 is 99.9 Å². The molecule has 3 aromatic carbocycles. The van der Waals surface area contributed by atoms with Gasteiger partial charge < -0.3 is 103 Å². The van der Waals surface area contributed by atoms with Crippen molar-refractivity contribution in [2.75, 3.05) is 206 Å². The largest absolute Gasteiger partial charge is 0.488 e. The minimum Gasteiger partial charge on any atom is -0.477 e. The van der Waals surface area contributed by atoms with Crippen LogP contribution in [0.5, 0.6) is 0 Å². The molecule has 0 spiro atoms. The van der Waals surface area contributed by atoms with Crippen LogP contribution in [0.2, 0.25) is 0 Å². The van der Waals surface area contributed by atoms with E-state index in [-0.39, 0.29) is 35.6 Å². The molecule has 5 saturated heterocycles. The van der Waals surface area contributed by atoms with Gasteiger partial charge in [0.15, 0.2) is 0 Å². The second-order valence-corrected chi connectivity index (χ2v) is 39.4. The number of aromatic carboxylic acids is 1. The second-order valence-electron chi connectivity index (χ2n) is 31.5. The highest BCUT2D eigenvalue weighted by Crippen LogP contribution is 2.47. The number of carbonyl (C=O) groups excluding carboxylic acids is 7. The summed E-state index contributed by atoms with van der Waals surface area (Å²) >= 11 is 14.1. The molecule has 39 nitrogen and oxygen atoms in total. The number of carboxylic acid groups (broad SMARTS) is 1. The molecule has 782 valence electrons. The number of aromatic nitrogens is 3. The van der Waals surface area contributed by atoms with Crippen LogP contribution in [0.15, 0.2) is 114 Å². The fourth-order valence-corrected chi connectivity index (χ4v) is 22.8. The monoisotopic (exact) mass is 2280 g/mol. The van der Waals surface area contributed by atoms with Crippen LogP contribution in [0.4, 0.5) is 47.8 Å². The summed E-state index contributed by atoms with van der Waals surface area (Å²) in [5.41, 5.74) is 15.0. The van der Waals surface area contributed by atoms with Crippen molar-refractivity contribution < 1.29 is 106 Å². The average molecular weight is 2280 g/mol. The zero-order valence-electron chi connectivity index (χ0n) is 83.2. The molecule has 17 rings (SSSR count). The number of nitrogens with two attached hydrogens (primary N) is 1. The number of methoxy groups -OCH3 is 6. The molecular formula is C102H104BBr2N17O22S6. The lowest BCUT2D eigenvalue weighted by molar-refractivity contribution is -0.143. The number of thiophene rings is 6. The van der Waals surface area contributed by atoms with Gasteiger partial charge in [0.25, 0.3) is 6.54 Å². The third-order valence-electron chi connectivity index (χ3n) is 22.0. The van der Waals surface area contributed by atoms with Gasteiger partial charge in [0.1, 0.15) is 69.7 Å². The molecule has 0 atom stereocenters. The number of ketones is 1. The molecule has 0 amide bonds. The Kier molecular flexibility index (Phi) is 50.7. The Morgan fingerprint density at radius 3 is 1.15 bits per heavy atom. The third kappa shape index (κ3) is 33.8.